The molecule has 0 aliphatic heterocycles. The number of halogens is 1. The molecule has 7 nitrogen and oxygen atoms in total. The van der Waals surface area contributed by atoms with E-state index in [4.69, 9.17) is 21.7 Å². The molecule has 3 aromatic rings. The van der Waals surface area contributed by atoms with Gasteiger partial charge in [-0.25, -0.2) is 14.1 Å². The van der Waals surface area contributed by atoms with E-state index in [-0.39, 0.29) is 5.82 Å². The molecule has 2 aromatic carbocycles. The van der Waals surface area contributed by atoms with E-state index in [1.54, 1.807) is 55.6 Å². The Balaban J connectivity index is 1.61. The lowest BCUT2D eigenvalue weighted by Crippen LogP contribution is -2.20. The zero-order valence-electron chi connectivity index (χ0n) is 14.8. The van der Waals surface area contributed by atoms with E-state index in [1.807, 2.05) is 0 Å². The van der Waals surface area contributed by atoms with Gasteiger partial charge in [-0.3, -0.25) is 5.32 Å². The molecule has 0 spiro atoms. The third-order valence-corrected chi connectivity index (χ3v) is 3.88. The van der Waals surface area contributed by atoms with Crippen molar-refractivity contribution in [2.75, 3.05) is 24.9 Å². The number of nitrogens with one attached hydrogen (secondary N) is 2. The Labute approximate surface area is 161 Å². The highest BCUT2D eigenvalue weighted by atomic mass is 32.1. The summed E-state index contributed by atoms with van der Waals surface area (Å²) in [5.74, 6) is 1.35. The van der Waals surface area contributed by atoms with Gasteiger partial charge in [0.25, 0.3) is 0 Å². The molecule has 0 aliphatic carbocycles. The number of thiocarbonyl (C=S) groups is 1. The summed E-state index contributed by atoms with van der Waals surface area (Å²) in [5.41, 5.74) is 1.60. The Hall–Kier alpha value is -3.20. The number of anilines is 2. The largest absolute Gasteiger partial charge is 0.497 e. The van der Waals surface area contributed by atoms with Gasteiger partial charge in [0.2, 0.25) is 5.95 Å². The van der Waals surface area contributed by atoms with E-state index in [9.17, 15) is 4.39 Å². The Morgan fingerprint density at radius 2 is 1.89 bits per heavy atom. The fourth-order valence-corrected chi connectivity index (χ4v) is 2.56. The van der Waals surface area contributed by atoms with Crippen molar-refractivity contribution in [2.24, 2.45) is 0 Å². The van der Waals surface area contributed by atoms with Gasteiger partial charge < -0.3 is 14.8 Å². The van der Waals surface area contributed by atoms with E-state index < -0.39 is 0 Å². The number of methoxy groups -OCH3 is 2. The number of hydrogen-bond acceptors (Lipinski definition) is 5. The van der Waals surface area contributed by atoms with Crippen LogP contribution in [0, 0.1) is 5.82 Å². The maximum Gasteiger partial charge on any atom is 0.248 e. The van der Waals surface area contributed by atoms with Gasteiger partial charge in [-0.2, -0.15) is 0 Å². The molecule has 0 bridgehead atoms. The highest BCUT2D eigenvalue weighted by Crippen LogP contribution is 2.29. The number of ether oxygens (including phenoxy) is 2. The summed E-state index contributed by atoms with van der Waals surface area (Å²) in [7, 11) is 3.15. The first-order valence-electron chi connectivity index (χ1n) is 8.01. The molecular weight excluding hydrogens is 369 g/mol. The van der Waals surface area contributed by atoms with E-state index in [0.29, 0.717) is 34.8 Å². The average Bonchev–Trinajstić information content (AvgIpc) is 3.10. The summed E-state index contributed by atoms with van der Waals surface area (Å²) >= 11 is 5.30. The number of benzene rings is 2. The van der Waals surface area contributed by atoms with Crippen LogP contribution < -0.4 is 20.1 Å². The van der Waals surface area contributed by atoms with E-state index in [1.165, 1.54) is 12.1 Å². The third-order valence-electron chi connectivity index (χ3n) is 3.68. The molecule has 3 rings (SSSR count). The summed E-state index contributed by atoms with van der Waals surface area (Å²) in [5, 5.41) is 10.6. The van der Waals surface area contributed by atoms with Crippen molar-refractivity contribution in [1.82, 2.24) is 14.8 Å². The second-order valence-corrected chi connectivity index (χ2v) is 5.95. The summed E-state index contributed by atoms with van der Waals surface area (Å²) in [6.07, 6.45) is 1.57. The van der Waals surface area contributed by atoms with Crippen molar-refractivity contribution in [1.29, 1.82) is 0 Å². The van der Waals surface area contributed by atoms with Crippen LogP contribution in [-0.2, 0) is 6.54 Å². The quantitative estimate of drug-likeness (QED) is 0.629. The predicted molar refractivity (Wildman–Crippen MR) is 105 cm³/mol. The number of rotatable bonds is 6. The van der Waals surface area contributed by atoms with Gasteiger partial charge in [-0.1, -0.05) is 12.1 Å². The van der Waals surface area contributed by atoms with Crippen LogP contribution >= 0.6 is 12.2 Å². The van der Waals surface area contributed by atoms with Gasteiger partial charge in [0, 0.05) is 6.07 Å². The molecule has 140 valence electrons. The van der Waals surface area contributed by atoms with Crippen molar-refractivity contribution in [3.63, 3.8) is 0 Å². The van der Waals surface area contributed by atoms with Gasteiger partial charge in [0.05, 0.1) is 26.5 Å². The second-order valence-electron chi connectivity index (χ2n) is 5.54. The highest BCUT2D eigenvalue weighted by molar-refractivity contribution is 7.80. The molecule has 2 N–H and O–H groups in total. The minimum Gasteiger partial charge on any atom is -0.497 e. The van der Waals surface area contributed by atoms with Crippen LogP contribution in [0.2, 0.25) is 0 Å². The number of nitrogens with zero attached hydrogens (tertiary/aromatic N) is 3. The molecule has 0 saturated heterocycles. The maximum atomic E-state index is 13.0. The first-order valence-corrected chi connectivity index (χ1v) is 8.42. The van der Waals surface area contributed by atoms with Crippen LogP contribution in [0.15, 0.2) is 48.8 Å². The molecule has 0 radical (unpaired) electrons. The maximum absolute atomic E-state index is 13.0. The Bertz CT molecular complexity index is 930. The lowest BCUT2D eigenvalue weighted by Gasteiger charge is -2.13. The van der Waals surface area contributed by atoms with E-state index >= 15 is 0 Å². The first kappa shape index (κ1) is 18.6. The summed E-state index contributed by atoms with van der Waals surface area (Å²) < 4.78 is 25.1. The summed E-state index contributed by atoms with van der Waals surface area (Å²) in [6, 6.07) is 11.6. The van der Waals surface area contributed by atoms with Gasteiger partial charge in [-0.05, 0) is 42.0 Å². The fourth-order valence-electron chi connectivity index (χ4n) is 2.36. The zero-order valence-corrected chi connectivity index (χ0v) is 15.6. The molecule has 27 heavy (non-hydrogen) atoms. The SMILES string of the molecule is COc1ccc(NC(=S)Nc2ncn(Cc3ccc(F)cc3)n2)c(OC)c1. The van der Waals surface area contributed by atoms with Crippen LogP contribution in [0.3, 0.4) is 0 Å². The smallest absolute Gasteiger partial charge is 0.248 e. The van der Waals surface area contributed by atoms with E-state index in [0.717, 1.165) is 5.56 Å². The molecule has 0 atom stereocenters. The van der Waals surface area contributed by atoms with Gasteiger partial charge in [-0.15, -0.1) is 5.10 Å². The van der Waals surface area contributed by atoms with Gasteiger partial charge in [0.1, 0.15) is 23.6 Å². The van der Waals surface area contributed by atoms with Crippen LogP contribution in [-0.4, -0.2) is 34.1 Å². The predicted octanol–water partition coefficient (Wildman–Crippen LogP) is 3.29. The first-order chi connectivity index (χ1) is 13.1. The Morgan fingerprint density at radius 1 is 1.11 bits per heavy atom. The van der Waals surface area contributed by atoms with Crippen molar-refractivity contribution in [3.05, 3.63) is 60.2 Å². The standard InChI is InChI=1S/C18H18FN5O2S/c1-25-14-7-8-15(16(9-14)26-2)21-18(27)22-17-20-11-24(23-17)10-12-3-5-13(19)6-4-12/h3-9,11H,10H2,1-2H3,(H2,21,22,23,27). The lowest BCUT2D eigenvalue weighted by molar-refractivity contribution is 0.395. The summed E-state index contributed by atoms with van der Waals surface area (Å²) in [6.45, 7) is 0.474. The second kappa shape index (κ2) is 8.45. The van der Waals surface area contributed by atoms with Crippen molar-refractivity contribution >= 4 is 29.0 Å². The molecule has 0 aliphatic rings. The molecule has 1 heterocycles. The minimum atomic E-state index is -0.273. The van der Waals surface area contributed by atoms with Crippen molar-refractivity contribution in [3.8, 4) is 11.5 Å². The summed E-state index contributed by atoms with van der Waals surface area (Å²) in [4.78, 5) is 4.17. The minimum absolute atomic E-state index is 0.273. The number of hydrogen-bond donors (Lipinski definition) is 2. The number of aromatic nitrogens is 3. The van der Waals surface area contributed by atoms with Crippen molar-refractivity contribution in [2.45, 2.75) is 6.54 Å². The Kier molecular flexibility index (Phi) is 5.82. The molecule has 9 heteroatoms. The third kappa shape index (κ3) is 4.91. The molecular formula is C18H18FN5O2S. The van der Waals surface area contributed by atoms with Crippen LogP contribution in [0.5, 0.6) is 11.5 Å². The molecule has 0 unspecified atom stereocenters. The zero-order chi connectivity index (χ0) is 19.2. The highest BCUT2D eigenvalue weighted by Gasteiger charge is 2.09. The molecule has 0 amide bonds. The molecule has 1 aromatic heterocycles. The van der Waals surface area contributed by atoms with Crippen molar-refractivity contribution < 1.29 is 13.9 Å². The van der Waals surface area contributed by atoms with Crippen LogP contribution in [0.25, 0.3) is 0 Å². The van der Waals surface area contributed by atoms with E-state index in [2.05, 4.69) is 20.7 Å². The average molecular weight is 387 g/mol. The topological polar surface area (TPSA) is 73.2 Å². The van der Waals surface area contributed by atoms with Crippen LogP contribution in [0.4, 0.5) is 16.0 Å². The van der Waals surface area contributed by atoms with Crippen LogP contribution in [0.1, 0.15) is 5.56 Å². The molecule has 0 saturated carbocycles. The monoisotopic (exact) mass is 387 g/mol. The van der Waals surface area contributed by atoms with Gasteiger partial charge in [0.15, 0.2) is 5.11 Å². The fraction of sp³-hybridized carbons (Fsp3) is 0.167. The normalized spacial score (nSPS) is 10.3. The van der Waals surface area contributed by atoms with Gasteiger partial charge >= 0.3 is 0 Å². The lowest BCUT2D eigenvalue weighted by atomic mass is 10.2. The molecule has 0 fully saturated rings. The Morgan fingerprint density at radius 3 is 2.59 bits per heavy atom.